The molecule has 0 unspecified atom stereocenters. The normalized spacial score (nSPS) is 16.9. The van der Waals surface area contributed by atoms with Crippen LogP contribution in [-0.4, -0.2) is 6.29 Å². The maximum atomic E-state index is 5.10. The standard InChI is InChI=1S/C8H14O2/c1-2-3-4-5-8-9-6-7-10-8/h6-8H,2-5H2,1H3. The van der Waals surface area contributed by atoms with Crippen molar-refractivity contribution in [2.75, 3.05) is 0 Å². The Bertz CT molecular complexity index is 102. The Labute approximate surface area is 61.8 Å². The molecule has 58 valence electrons. The summed E-state index contributed by atoms with van der Waals surface area (Å²) in [4.78, 5) is 0. The lowest BCUT2D eigenvalue weighted by Gasteiger charge is -2.08. The molecule has 0 saturated heterocycles. The third kappa shape index (κ3) is 2.29. The number of unbranched alkanes of at least 4 members (excludes halogenated alkanes) is 2. The molecule has 0 aliphatic carbocycles. The zero-order chi connectivity index (χ0) is 7.23. The monoisotopic (exact) mass is 142 g/mol. The third-order valence-corrected chi connectivity index (χ3v) is 1.56. The molecule has 0 aromatic carbocycles. The van der Waals surface area contributed by atoms with Gasteiger partial charge in [0.15, 0.2) is 0 Å². The maximum absolute atomic E-state index is 5.10. The van der Waals surface area contributed by atoms with Gasteiger partial charge in [0.05, 0.1) is 0 Å². The molecule has 0 spiro atoms. The molecule has 0 atom stereocenters. The van der Waals surface area contributed by atoms with Crippen LogP contribution in [0.5, 0.6) is 0 Å². The Balaban J connectivity index is 1.93. The minimum absolute atomic E-state index is 0.00606. The summed E-state index contributed by atoms with van der Waals surface area (Å²) in [5.74, 6) is 0. The number of ether oxygens (including phenoxy) is 2. The second-order valence-electron chi connectivity index (χ2n) is 2.47. The van der Waals surface area contributed by atoms with E-state index in [9.17, 15) is 0 Å². The largest absolute Gasteiger partial charge is 0.459 e. The lowest BCUT2D eigenvalue weighted by atomic mass is 10.2. The van der Waals surface area contributed by atoms with Crippen molar-refractivity contribution < 1.29 is 9.47 Å². The molecule has 0 aromatic rings. The Morgan fingerprint density at radius 3 is 2.50 bits per heavy atom. The fourth-order valence-corrected chi connectivity index (χ4v) is 0.969. The van der Waals surface area contributed by atoms with E-state index in [2.05, 4.69) is 6.92 Å². The molecule has 10 heavy (non-hydrogen) atoms. The highest BCUT2D eigenvalue weighted by atomic mass is 16.7. The van der Waals surface area contributed by atoms with Crippen LogP contribution >= 0.6 is 0 Å². The van der Waals surface area contributed by atoms with Gasteiger partial charge in [-0.15, -0.1) is 0 Å². The van der Waals surface area contributed by atoms with Crippen molar-refractivity contribution in [3.8, 4) is 0 Å². The molecule has 0 aromatic heterocycles. The van der Waals surface area contributed by atoms with Crippen LogP contribution in [-0.2, 0) is 9.47 Å². The lowest BCUT2D eigenvalue weighted by molar-refractivity contribution is -0.0294. The molecule has 0 amide bonds. The fourth-order valence-electron chi connectivity index (χ4n) is 0.969. The fraction of sp³-hybridized carbons (Fsp3) is 0.750. The van der Waals surface area contributed by atoms with E-state index in [1.165, 1.54) is 19.3 Å². The lowest BCUT2D eigenvalue weighted by Crippen LogP contribution is -2.06. The van der Waals surface area contributed by atoms with Gasteiger partial charge in [-0.25, -0.2) is 0 Å². The summed E-state index contributed by atoms with van der Waals surface area (Å²) in [5.41, 5.74) is 0. The van der Waals surface area contributed by atoms with Crippen LogP contribution in [0.1, 0.15) is 32.6 Å². The van der Waals surface area contributed by atoms with E-state index >= 15 is 0 Å². The first kappa shape index (κ1) is 7.45. The number of rotatable bonds is 4. The van der Waals surface area contributed by atoms with Crippen molar-refractivity contribution in [2.24, 2.45) is 0 Å². The van der Waals surface area contributed by atoms with Gasteiger partial charge in [-0.1, -0.05) is 19.8 Å². The highest BCUT2D eigenvalue weighted by molar-refractivity contribution is 4.70. The first-order valence-electron chi connectivity index (χ1n) is 3.89. The molecular weight excluding hydrogens is 128 g/mol. The van der Waals surface area contributed by atoms with Gasteiger partial charge in [0.2, 0.25) is 6.29 Å². The molecule has 0 saturated carbocycles. The summed E-state index contributed by atoms with van der Waals surface area (Å²) >= 11 is 0. The predicted molar refractivity (Wildman–Crippen MR) is 39.2 cm³/mol. The second kappa shape index (κ2) is 4.20. The Kier molecular flexibility index (Phi) is 3.13. The van der Waals surface area contributed by atoms with Gasteiger partial charge in [-0.05, 0) is 6.42 Å². The molecule has 0 bridgehead atoms. The second-order valence-corrected chi connectivity index (χ2v) is 2.47. The van der Waals surface area contributed by atoms with E-state index in [4.69, 9.17) is 9.47 Å². The van der Waals surface area contributed by atoms with Crippen LogP contribution in [0.4, 0.5) is 0 Å². The van der Waals surface area contributed by atoms with Crippen molar-refractivity contribution >= 4 is 0 Å². The summed E-state index contributed by atoms with van der Waals surface area (Å²) in [7, 11) is 0. The van der Waals surface area contributed by atoms with Crippen LogP contribution in [0.3, 0.4) is 0 Å². The summed E-state index contributed by atoms with van der Waals surface area (Å²) in [5, 5.41) is 0. The Morgan fingerprint density at radius 2 is 1.90 bits per heavy atom. The van der Waals surface area contributed by atoms with Gasteiger partial charge < -0.3 is 9.47 Å². The van der Waals surface area contributed by atoms with Crippen LogP contribution in [0.25, 0.3) is 0 Å². The number of hydrogen-bond donors (Lipinski definition) is 0. The van der Waals surface area contributed by atoms with Gasteiger partial charge in [-0.3, -0.25) is 0 Å². The molecule has 0 N–H and O–H groups in total. The van der Waals surface area contributed by atoms with Crippen LogP contribution in [0.15, 0.2) is 12.5 Å². The highest BCUT2D eigenvalue weighted by Gasteiger charge is 2.10. The summed E-state index contributed by atoms with van der Waals surface area (Å²) in [6, 6.07) is 0. The summed E-state index contributed by atoms with van der Waals surface area (Å²) in [6.45, 7) is 2.19. The summed E-state index contributed by atoms with van der Waals surface area (Å²) in [6.07, 6.45) is 7.95. The first-order chi connectivity index (χ1) is 4.93. The first-order valence-corrected chi connectivity index (χ1v) is 3.89. The Morgan fingerprint density at radius 1 is 1.20 bits per heavy atom. The molecule has 2 heteroatoms. The Hall–Kier alpha value is -0.660. The van der Waals surface area contributed by atoms with Crippen molar-refractivity contribution in [3.05, 3.63) is 12.5 Å². The van der Waals surface area contributed by atoms with Crippen molar-refractivity contribution in [1.29, 1.82) is 0 Å². The van der Waals surface area contributed by atoms with Gasteiger partial charge in [0.25, 0.3) is 0 Å². The summed E-state index contributed by atoms with van der Waals surface area (Å²) < 4.78 is 10.2. The molecule has 0 radical (unpaired) electrons. The topological polar surface area (TPSA) is 18.5 Å². The quantitative estimate of drug-likeness (QED) is 0.561. The predicted octanol–water partition coefficient (Wildman–Crippen LogP) is 2.41. The average molecular weight is 142 g/mol. The van der Waals surface area contributed by atoms with Gasteiger partial charge >= 0.3 is 0 Å². The molecule has 0 fully saturated rings. The minimum Gasteiger partial charge on any atom is -0.459 e. The highest BCUT2D eigenvalue weighted by Crippen LogP contribution is 2.12. The van der Waals surface area contributed by atoms with E-state index in [1.54, 1.807) is 12.5 Å². The SMILES string of the molecule is CCCCCC1OC=CO1. The molecule has 1 aliphatic rings. The zero-order valence-electron chi connectivity index (χ0n) is 6.38. The number of hydrogen-bond acceptors (Lipinski definition) is 2. The van der Waals surface area contributed by atoms with Crippen molar-refractivity contribution in [2.45, 2.75) is 38.9 Å². The van der Waals surface area contributed by atoms with Gasteiger partial charge in [0.1, 0.15) is 12.5 Å². The van der Waals surface area contributed by atoms with Crippen molar-refractivity contribution in [3.63, 3.8) is 0 Å². The molecule has 2 nitrogen and oxygen atoms in total. The van der Waals surface area contributed by atoms with Gasteiger partial charge in [0, 0.05) is 6.42 Å². The molecule has 1 rings (SSSR count). The van der Waals surface area contributed by atoms with E-state index in [0.717, 1.165) is 6.42 Å². The molecule has 1 heterocycles. The van der Waals surface area contributed by atoms with Crippen molar-refractivity contribution in [1.82, 2.24) is 0 Å². The van der Waals surface area contributed by atoms with E-state index in [-0.39, 0.29) is 6.29 Å². The van der Waals surface area contributed by atoms with E-state index in [1.807, 2.05) is 0 Å². The van der Waals surface area contributed by atoms with Crippen LogP contribution in [0.2, 0.25) is 0 Å². The van der Waals surface area contributed by atoms with E-state index < -0.39 is 0 Å². The molecular formula is C8H14O2. The zero-order valence-corrected chi connectivity index (χ0v) is 6.38. The third-order valence-electron chi connectivity index (χ3n) is 1.56. The van der Waals surface area contributed by atoms with Crippen LogP contribution < -0.4 is 0 Å². The van der Waals surface area contributed by atoms with Crippen LogP contribution in [0, 0.1) is 0 Å². The smallest absolute Gasteiger partial charge is 0.239 e. The average Bonchev–Trinajstić information content (AvgIpc) is 2.41. The maximum Gasteiger partial charge on any atom is 0.239 e. The van der Waals surface area contributed by atoms with Gasteiger partial charge in [-0.2, -0.15) is 0 Å². The molecule has 1 aliphatic heterocycles. The minimum atomic E-state index is 0.00606. The van der Waals surface area contributed by atoms with E-state index in [0.29, 0.717) is 0 Å².